The van der Waals surface area contributed by atoms with Gasteiger partial charge in [0.25, 0.3) is 5.91 Å². The van der Waals surface area contributed by atoms with Crippen LogP contribution < -0.4 is 14.8 Å². The summed E-state index contributed by atoms with van der Waals surface area (Å²) in [5.74, 6) is 1.51. The van der Waals surface area contributed by atoms with Crippen LogP contribution in [-0.2, 0) is 6.54 Å². The Morgan fingerprint density at radius 3 is 2.62 bits per heavy atom. The van der Waals surface area contributed by atoms with Gasteiger partial charge in [-0.3, -0.25) is 9.48 Å². The monoisotopic (exact) mass is 429 g/mol. The minimum atomic E-state index is -0.129. The fourth-order valence-corrected chi connectivity index (χ4v) is 3.66. The number of ether oxygens (including phenoxy) is 2. The minimum absolute atomic E-state index is 0.123. The normalized spacial score (nSPS) is 11.8. The molecule has 3 aromatic carbocycles. The number of aromatic nitrogens is 2. The number of rotatable bonds is 8. The molecule has 0 saturated heterocycles. The summed E-state index contributed by atoms with van der Waals surface area (Å²) in [4.78, 5) is 12.9. The van der Waals surface area contributed by atoms with E-state index >= 15 is 0 Å². The van der Waals surface area contributed by atoms with Crippen LogP contribution in [0.15, 0.2) is 72.9 Å². The number of methoxy groups -OCH3 is 1. The first kappa shape index (κ1) is 21.4. The maximum Gasteiger partial charge on any atom is 0.251 e. The third-order valence-electron chi connectivity index (χ3n) is 5.41. The van der Waals surface area contributed by atoms with Crippen molar-refractivity contribution in [2.45, 2.75) is 26.4 Å². The Labute approximate surface area is 187 Å². The van der Waals surface area contributed by atoms with Gasteiger partial charge < -0.3 is 14.8 Å². The summed E-state index contributed by atoms with van der Waals surface area (Å²) in [5, 5.41) is 8.58. The van der Waals surface area contributed by atoms with Crippen molar-refractivity contribution in [3.8, 4) is 11.5 Å². The van der Waals surface area contributed by atoms with Crippen molar-refractivity contribution < 1.29 is 14.3 Å². The molecule has 4 aromatic rings. The zero-order valence-corrected chi connectivity index (χ0v) is 18.5. The first-order valence-electron chi connectivity index (χ1n) is 10.7. The van der Waals surface area contributed by atoms with Crippen molar-refractivity contribution in [2.75, 3.05) is 13.7 Å². The lowest BCUT2D eigenvalue weighted by Crippen LogP contribution is -2.26. The van der Waals surface area contributed by atoms with Crippen molar-refractivity contribution in [1.29, 1.82) is 0 Å². The quantitative estimate of drug-likeness (QED) is 0.429. The second-order valence-corrected chi connectivity index (χ2v) is 7.62. The molecule has 0 saturated carbocycles. The molecule has 164 valence electrons. The number of carbonyl (C=O) groups is 1. The van der Waals surface area contributed by atoms with Crippen molar-refractivity contribution in [1.82, 2.24) is 15.1 Å². The Morgan fingerprint density at radius 1 is 1.06 bits per heavy atom. The first-order chi connectivity index (χ1) is 15.6. The SMILES string of the molecule is CCOc1ccc(C(C)NC(=O)c2ccc3cnn(Cc4cccc(OC)c4)c3c2)cc1. The van der Waals surface area contributed by atoms with E-state index in [-0.39, 0.29) is 11.9 Å². The number of amides is 1. The number of hydrogen-bond acceptors (Lipinski definition) is 4. The average molecular weight is 430 g/mol. The molecule has 1 amide bonds. The molecule has 1 heterocycles. The zero-order chi connectivity index (χ0) is 22.5. The van der Waals surface area contributed by atoms with Gasteiger partial charge in [-0.15, -0.1) is 0 Å². The number of benzene rings is 3. The van der Waals surface area contributed by atoms with E-state index in [0.29, 0.717) is 18.7 Å². The molecular weight excluding hydrogens is 402 g/mol. The van der Waals surface area contributed by atoms with E-state index in [1.165, 1.54) is 0 Å². The van der Waals surface area contributed by atoms with Gasteiger partial charge >= 0.3 is 0 Å². The highest BCUT2D eigenvalue weighted by molar-refractivity contribution is 5.98. The Morgan fingerprint density at radius 2 is 1.88 bits per heavy atom. The fourth-order valence-electron chi connectivity index (χ4n) is 3.66. The molecule has 0 aliphatic carbocycles. The standard InChI is InChI=1S/C26H27N3O3/c1-4-32-23-12-10-20(11-13-23)18(2)28-26(30)21-8-9-22-16-27-29(25(22)15-21)17-19-6-5-7-24(14-19)31-3/h5-16,18H,4,17H2,1-3H3,(H,28,30). The Balaban J connectivity index is 1.51. The molecule has 1 atom stereocenters. The number of fused-ring (bicyclic) bond motifs is 1. The second-order valence-electron chi connectivity index (χ2n) is 7.62. The lowest BCUT2D eigenvalue weighted by atomic mass is 10.1. The van der Waals surface area contributed by atoms with Crippen LogP contribution in [0.5, 0.6) is 11.5 Å². The summed E-state index contributed by atoms with van der Waals surface area (Å²) in [6.45, 7) is 5.15. The van der Waals surface area contributed by atoms with Gasteiger partial charge in [0, 0.05) is 10.9 Å². The number of nitrogens with one attached hydrogen (secondary N) is 1. The van der Waals surface area contributed by atoms with E-state index in [4.69, 9.17) is 9.47 Å². The topological polar surface area (TPSA) is 65.4 Å². The van der Waals surface area contributed by atoms with Gasteiger partial charge in [-0.25, -0.2) is 0 Å². The van der Waals surface area contributed by atoms with Crippen LogP contribution in [0.25, 0.3) is 10.9 Å². The van der Waals surface area contributed by atoms with Crippen LogP contribution in [0.4, 0.5) is 0 Å². The largest absolute Gasteiger partial charge is 0.497 e. The van der Waals surface area contributed by atoms with Crippen LogP contribution in [0.1, 0.15) is 41.4 Å². The van der Waals surface area contributed by atoms with Crippen LogP contribution in [0, 0.1) is 0 Å². The Hall–Kier alpha value is -3.80. The number of hydrogen-bond donors (Lipinski definition) is 1. The first-order valence-corrected chi connectivity index (χ1v) is 10.7. The predicted octanol–water partition coefficient (Wildman–Crippen LogP) is 4.98. The van der Waals surface area contributed by atoms with E-state index < -0.39 is 0 Å². The van der Waals surface area contributed by atoms with Gasteiger partial charge in [0.05, 0.1) is 38.0 Å². The molecule has 6 heteroatoms. The molecule has 1 unspecified atom stereocenters. The third kappa shape index (κ3) is 4.75. The molecule has 1 aromatic heterocycles. The summed E-state index contributed by atoms with van der Waals surface area (Å²) in [6, 6.07) is 21.2. The molecule has 0 bridgehead atoms. The average Bonchev–Trinajstić information content (AvgIpc) is 3.21. The minimum Gasteiger partial charge on any atom is -0.497 e. The molecule has 4 rings (SSSR count). The molecule has 0 aliphatic heterocycles. The Bertz CT molecular complexity index is 1210. The highest BCUT2D eigenvalue weighted by Gasteiger charge is 2.14. The number of nitrogens with zero attached hydrogens (tertiary/aromatic N) is 2. The van der Waals surface area contributed by atoms with E-state index in [2.05, 4.69) is 10.4 Å². The highest BCUT2D eigenvalue weighted by atomic mass is 16.5. The molecule has 6 nitrogen and oxygen atoms in total. The summed E-state index contributed by atoms with van der Waals surface area (Å²) >= 11 is 0. The van der Waals surface area contributed by atoms with Crippen molar-refractivity contribution in [3.63, 3.8) is 0 Å². The van der Waals surface area contributed by atoms with Crippen LogP contribution in [-0.4, -0.2) is 29.4 Å². The van der Waals surface area contributed by atoms with E-state index in [1.54, 1.807) is 7.11 Å². The van der Waals surface area contributed by atoms with Gasteiger partial charge in [0.2, 0.25) is 0 Å². The number of carbonyl (C=O) groups excluding carboxylic acids is 1. The molecule has 0 fully saturated rings. The maximum absolute atomic E-state index is 12.9. The van der Waals surface area contributed by atoms with Crippen molar-refractivity contribution in [2.24, 2.45) is 0 Å². The molecule has 0 spiro atoms. The van der Waals surface area contributed by atoms with Crippen LogP contribution in [0.3, 0.4) is 0 Å². The fraction of sp³-hybridized carbons (Fsp3) is 0.231. The van der Waals surface area contributed by atoms with Crippen LogP contribution in [0.2, 0.25) is 0 Å². The van der Waals surface area contributed by atoms with Gasteiger partial charge in [0.15, 0.2) is 0 Å². The van der Waals surface area contributed by atoms with Gasteiger partial charge in [-0.05, 0) is 61.4 Å². The molecular formula is C26H27N3O3. The summed E-state index contributed by atoms with van der Waals surface area (Å²) in [5.41, 5.74) is 3.61. The zero-order valence-electron chi connectivity index (χ0n) is 18.5. The lowest BCUT2D eigenvalue weighted by Gasteiger charge is -2.15. The second kappa shape index (κ2) is 9.56. The van der Waals surface area contributed by atoms with Crippen molar-refractivity contribution in [3.05, 3.63) is 89.6 Å². The summed E-state index contributed by atoms with van der Waals surface area (Å²) in [7, 11) is 1.65. The van der Waals surface area contributed by atoms with Gasteiger partial charge in [0.1, 0.15) is 11.5 Å². The lowest BCUT2D eigenvalue weighted by molar-refractivity contribution is 0.0940. The Kier molecular flexibility index (Phi) is 6.40. The summed E-state index contributed by atoms with van der Waals surface area (Å²) in [6.07, 6.45) is 1.82. The molecule has 0 aliphatic rings. The highest BCUT2D eigenvalue weighted by Crippen LogP contribution is 2.21. The predicted molar refractivity (Wildman–Crippen MR) is 125 cm³/mol. The third-order valence-corrected chi connectivity index (χ3v) is 5.41. The van der Waals surface area contributed by atoms with E-state index in [1.807, 2.05) is 91.5 Å². The van der Waals surface area contributed by atoms with Crippen LogP contribution >= 0.6 is 0 Å². The smallest absolute Gasteiger partial charge is 0.251 e. The summed E-state index contributed by atoms with van der Waals surface area (Å²) < 4.78 is 12.7. The molecule has 32 heavy (non-hydrogen) atoms. The molecule has 0 radical (unpaired) electrons. The van der Waals surface area contributed by atoms with E-state index in [0.717, 1.165) is 33.5 Å². The van der Waals surface area contributed by atoms with Gasteiger partial charge in [-0.1, -0.05) is 30.3 Å². The van der Waals surface area contributed by atoms with Gasteiger partial charge in [-0.2, -0.15) is 5.10 Å². The maximum atomic E-state index is 12.9. The molecule has 1 N–H and O–H groups in total. The van der Waals surface area contributed by atoms with E-state index in [9.17, 15) is 4.79 Å². The van der Waals surface area contributed by atoms with Crippen molar-refractivity contribution >= 4 is 16.8 Å².